The Kier molecular flexibility index (Phi) is 5.91. The van der Waals surface area contributed by atoms with E-state index in [4.69, 9.17) is 9.29 Å². The van der Waals surface area contributed by atoms with Gasteiger partial charge in [0.2, 0.25) is 0 Å². The van der Waals surface area contributed by atoms with E-state index in [9.17, 15) is 21.4 Å². The van der Waals surface area contributed by atoms with Crippen molar-refractivity contribution in [1.82, 2.24) is 0 Å². The summed E-state index contributed by atoms with van der Waals surface area (Å²) < 4.78 is 68.4. The van der Waals surface area contributed by atoms with Gasteiger partial charge in [-0.25, -0.2) is 0 Å². The molecule has 0 spiro atoms. The van der Waals surface area contributed by atoms with Crippen molar-refractivity contribution in [1.29, 1.82) is 0 Å². The molecule has 0 radical (unpaired) electrons. The number of ether oxygens (including phenoxy) is 1. The summed E-state index contributed by atoms with van der Waals surface area (Å²) >= 11 is 0. The quantitative estimate of drug-likeness (QED) is 0.658. The second kappa shape index (κ2) is 7.34. The lowest BCUT2D eigenvalue weighted by Crippen LogP contribution is -2.50. The molecule has 0 aliphatic carbocycles. The van der Waals surface area contributed by atoms with Crippen molar-refractivity contribution in [3.8, 4) is 5.75 Å². The largest absolute Gasteiger partial charge is 0.497 e. The molecule has 0 aromatic heterocycles. The predicted octanol–water partition coefficient (Wildman–Crippen LogP) is 1.93. The van der Waals surface area contributed by atoms with Crippen LogP contribution < -0.4 is 9.64 Å². The van der Waals surface area contributed by atoms with Crippen LogP contribution in [0.5, 0.6) is 5.75 Å². The van der Waals surface area contributed by atoms with Gasteiger partial charge in [0.15, 0.2) is 0 Å². The third kappa shape index (κ3) is 5.32. The van der Waals surface area contributed by atoms with Gasteiger partial charge in [0, 0.05) is 29.8 Å². The Morgan fingerprint density at radius 3 is 2.38 bits per heavy atom. The van der Waals surface area contributed by atoms with Crippen LogP contribution in [0.15, 0.2) is 18.2 Å². The van der Waals surface area contributed by atoms with Crippen LogP contribution in [0.1, 0.15) is 38.2 Å². The van der Waals surface area contributed by atoms with E-state index in [1.54, 1.807) is 18.2 Å². The van der Waals surface area contributed by atoms with Crippen molar-refractivity contribution in [3.05, 3.63) is 23.8 Å². The molecule has 0 bridgehead atoms. The topological polar surface area (TPSA) is 121 Å². The van der Waals surface area contributed by atoms with Crippen LogP contribution >= 0.6 is 0 Å². The zero-order valence-corrected chi connectivity index (χ0v) is 16.7. The minimum atomic E-state index is -4.15. The summed E-state index contributed by atoms with van der Waals surface area (Å²) in [6.07, 6.45) is 0.694. The molecule has 2 rings (SSSR count). The van der Waals surface area contributed by atoms with Gasteiger partial charge in [0.1, 0.15) is 5.75 Å². The van der Waals surface area contributed by atoms with E-state index >= 15 is 0 Å². The fourth-order valence-electron chi connectivity index (χ4n) is 3.61. The smallest absolute Gasteiger partial charge is 0.265 e. The second-order valence-electron chi connectivity index (χ2n) is 7.18. The summed E-state index contributed by atoms with van der Waals surface area (Å²) in [6.45, 7) is 4.23. The van der Waals surface area contributed by atoms with Crippen molar-refractivity contribution in [2.75, 3.05) is 30.1 Å². The van der Waals surface area contributed by atoms with Crippen molar-refractivity contribution < 1.29 is 30.7 Å². The van der Waals surface area contributed by atoms with Gasteiger partial charge in [-0.05, 0) is 38.3 Å². The first-order valence-electron chi connectivity index (χ1n) is 8.18. The molecule has 1 aliphatic rings. The van der Waals surface area contributed by atoms with Crippen LogP contribution in [0.25, 0.3) is 0 Å². The number of anilines is 1. The van der Waals surface area contributed by atoms with Crippen molar-refractivity contribution in [2.24, 2.45) is 0 Å². The molecule has 0 fully saturated rings. The number of rotatable bonds is 7. The van der Waals surface area contributed by atoms with E-state index in [-0.39, 0.29) is 17.9 Å². The number of benzene rings is 1. The van der Waals surface area contributed by atoms with Gasteiger partial charge in [-0.1, -0.05) is 6.07 Å². The lowest BCUT2D eigenvalue weighted by molar-refractivity contribution is 0.368. The molecule has 0 saturated heterocycles. The Balaban J connectivity index is 2.42. The summed E-state index contributed by atoms with van der Waals surface area (Å²) in [5.41, 5.74) is 1.02. The van der Waals surface area contributed by atoms with Gasteiger partial charge in [-0.15, -0.1) is 0 Å². The van der Waals surface area contributed by atoms with Gasteiger partial charge >= 0.3 is 0 Å². The van der Waals surface area contributed by atoms with Gasteiger partial charge in [0.25, 0.3) is 20.2 Å². The first-order chi connectivity index (χ1) is 11.8. The highest BCUT2D eigenvalue weighted by Gasteiger charge is 2.39. The van der Waals surface area contributed by atoms with Gasteiger partial charge in [-0.2, -0.15) is 16.8 Å². The van der Waals surface area contributed by atoms with Crippen LogP contribution in [0.4, 0.5) is 5.69 Å². The second-order valence-corrected chi connectivity index (χ2v) is 10.2. The number of nitrogens with zero attached hydrogens (tertiary/aromatic N) is 1. The van der Waals surface area contributed by atoms with Crippen molar-refractivity contribution in [3.63, 3.8) is 0 Å². The van der Waals surface area contributed by atoms with Crippen LogP contribution in [0.2, 0.25) is 0 Å². The maximum absolute atomic E-state index is 11.4. The first kappa shape index (κ1) is 20.9. The molecule has 26 heavy (non-hydrogen) atoms. The zero-order chi connectivity index (χ0) is 19.8. The molecule has 1 aromatic rings. The van der Waals surface area contributed by atoms with E-state index in [2.05, 4.69) is 0 Å². The normalized spacial score (nSPS) is 19.9. The third-order valence-electron chi connectivity index (χ3n) is 4.64. The first-order valence-corrected chi connectivity index (χ1v) is 11.4. The van der Waals surface area contributed by atoms with E-state index in [1.807, 2.05) is 18.7 Å². The Bertz CT molecular complexity index is 863. The van der Waals surface area contributed by atoms with Crippen LogP contribution in [0.3, 0.4) is 0 Å². The van der Waals surface area contributed by atoms with E-state index in [0.29, 0.717) is 18.7 Å². The molecule has 10 heteroatoms. The predicted molar refractivity (Wildman–Crippen MR) is 99.2 cm³/mol. The Morgan fingerprint density at radius 2 is 1.85 bits per heavy atom. The van der Waals surface area contributed by atoms with Gasteiger partial charge in [0.05, 0.1) is 18.6 Å². The fraction of sp³-hybridized carbons (Fsp3) is 0.625. The highest BCUT2D eigenvalue weighted by atomic mass is 32.2. The number of hydrogen-bond donors (Lipinski definition) is 2. The van der Waals surface area contributed by atoms with Crippen molar-refractivity contribution >= 4 is 25.9 Å². The Hall–Kier alpha value is -1.36. The van der Waals surface area contributed by atoms with E-state index in [1.165, 1.54) is 7.11 Å². The Labute approximate surface area is 154 Å². The van der Waals surface area contributed by atoms with Crippen molar-refractivity contribution in [2.45, 2.75) is 38.1 Å². The number of methoxy groups -OCH3 is 1. The average Bonchev–Trinajstić information content (AvgIpc) is 2.46. The third-order valence-corrected chi connectivity index (χ3v) is 6.27. The molecule has 0 saturated carbocycles. The number of hydrogen-bond acceptors (Lipinski definition) is 6. The number of fused-ring (bicyclic) bond motifs is 1. The average molecular weight is 408 g/mol. The van der Waals surface area contributed by atoms with Gasteiger partial charge < -0.3 is 9.64 Å². The summed E-state index contributed by atoms with van der Waals surface area (Å²) in [5, 5.41) is 0. The molecule has 1 heterocycles. The maximum atomic E-state index is 11.4. The molecular weight excluding hydrogens is 382 g/mol. The molecule has 2 N–H and O–H groups in total. The molecule has 1 aliphatic heterocycles. The highest BCUT2D eigenvalue weighted by molar-refractivity contribution is 7.86. The lowest BCUT2D eigenvalue weighted by atomic mass is 9.80. The maximum Gasteiger partial charge on any atom is 0.265 e. The Morgan fingerprint density at radius 1 is 1.19 bits per heavy atom. The van der Waals surface area contributed by atoms with Crippen LogP contribution in [0, 0.1) is 0 Å². The van der Waals surface area contributed by atoms with Crippen LogP contribution in [-0.4, -0.2) is 56.6 Å². The lowest BCUT2D eigenvalue weighted by Gasteiger charge is -2.48. The van der Waals surface area contributed by atoms with E-state index < -0.39 is 31.7 Å². The highest BCUT2D eigenvalue weighted by Crippen LogP contribution is 2.45. The monoisotopic (exact) mass is 407 g/mol. The zero-order valence-electron chi connectivity index (χ0n) is 15.0. The van der Waals surface area contributed by atoms with Crippen LogP contribution in [-0.2, 0) is 20.2 Å². The summed E-state index contributed by atoms with van der Waals surface area (Å²) in [4.78, 5) is 2.00. The standard InChI is InChI=1S/C16H25NO7S2/c1-16(2)10-12(11-26(21,22)23)14-6-5-13(24-3)9-15(14)17(16)7-4-8-25(18,19)20/h5-6,9,12H,4,7-8,10-11H2,1-3H3,(H,18,19,20)(H,21,22,23). The molecule has 0 amide bonds. The fourth-order valence-corrected chi connectivity index (χ4v) is 4.91. The molecule has 8 nitrogen and oxygen atoms in total. The minimum Gasteiger partial charge on any atom is -0.497 e. The summed E-state index contributed by atoms with van der Waals surface area (Å²) in [7, 11) is -6.68. The SMILES string of the molecule is COc1ccc2c(c1)N(CCCS(=O)(=O)O)C(C)(C)CC2CS(=O)(=O)O. The molecule has 1 unspecified atom stereocenters. The summed E-state index contributed by atoms with van der Waals surface area (Å²) in [5.74, 6) is -0.535. The van der Waals surface area contributed by atoms with E-state index in [0.717, 1.165) is 11.3 Å². The molecular formula is C16H25NO7S2. The summed E-state index contributed by atoms with van der Waals surface area (Å²) in [6, 6.07) is 5.28. The van der Waals surface area contributed by atoms with Gasteiger partial charge in [-0.3, -0.25) is 9.11 Å². The molecule has 148 valence electrons. The molecule has 1 atom stereocenters. The minimum absolute atomic E-state index is 0.224. The molecule has 1 aromatic carbocycles.